The Morgan fingerprint density at radius 3 is 2.04 bits per heavy atom. The molecule has 0 radical (unpaired) electrons. The van der Waals surface area contributed by atoms with Gasteiger partial charge in [-0.2, -0.15) is 0 Å². The minimum Gasteiger partial charge on any atom is -0.506 e. The van der Waals surface area contributed by atoms with Crippen LogP contribution in [-0.4, -0.2) is 10.2 Å². The van der Waals surface area contributed by atoms with Crippen LogP contribution in [0, 0.1) is 11.8 Å². The number of rotatable bonds is 11. The Morgan fingerprint density at radius 1 is 0.913 bits per heavy atom. The van der Waals surface area contributed by atoms with Crippen molar-refractivity contribution in [2.75, 3.05) is 0 Å². The lowest BCUT2D eigenvalue weighted by atomic mass is 10.0. The van der Waals surface area contributed by atoms with Crippen molar-refractivity contribution in [2.45, 2.75) is 77.6 Å². The topological polar surface area (TPSA) is 40.5 Å². The highest BCUT2D eigenvalue weighted by Crippen LogP contribution is 2.45. The van der Waals surface area contributed by atoms with E-state index >= 15 is 0 Å². The summed E-state index contributed by atoms with van der Waals surface area (Å²) in [4.78, 5) is 0. The molecule has 2 nitrogen and oxygen atoms in total. The lowest BCUT2D eigenvalue weighted by molar-refractivity contribution is 0.449. The fraction of sp³-hybridized carbons (Fsp3) is 0.700. The van der Waals surface area contributed by atoms with Gasteiger partial charge in [0.2, 0.25) is 0 Å². The van der Waals surface area contributed by atoms with Crippen molar-refractivity contribution in [1.29, 1.82) is 0 Å². The third-order valence-electron chi connectivity index (χ3n) is 5.13. The number of aromatic hydroxyl groups is 2. The molecular formula is C20H31ClO2. The van der Waals surface area contributed by atoms with Crippen LogP contribution in [0.3, 0.4) is 0 Å². The minimum absolute atomic E-state index is 0.0226. The average molecular weight is 339 g/mol. The number of phenolic OH excluding ortho intramolecular Hbond substituents is 2. The third kappa shape index (κ3) is 6.25. The molecule has 0 aliphatic heterocycles. The zero-order valence-electron chi connectivity index (χ0n) is 14.4. The SMILES string of the molecule is CCCCCCC1CC1CCCCCc1cc(O)c(Cl)c(O)c1. The van der Waals surface area contributed by atoms with Crippen LogP contribution >= 0.6 is 11.6 Å². The van der Waals surface area contributed by atoms with Crippen molar-refractivity contribution >= 4 is 11.6 Å². The summed E-state index contributed by atoms with van der Waals surface area (Å²) in [6, 6.07) is 3.32. The predicted octanol–water partition coefficient (Wildman–Crippen LogP) is 6.46. The molecule has 23 heavy (non-hydrogen) atoms. The Kier molecular flexibility index (Phi) is 7.55. The molecule has 1 aliphatic rings. The monoisotopic (exact) mass is 338 g/mol. The van der Waals surface area contributed by atoms with E-state index in [0.717, 1.165) is 30.2 Å². The van der Waals surface area contributed by atoms with E-state index in [9.17, 15) is 10.2 Å². The van der Waals surface area contributed by atoms with E-state index in [0.29, 0.717) is 0 Å². The first-order chi connectivity index (χ1) is 11.1. The summed E-state index contributed by atoms with van der Waals surface area (Å²) < 4.78 is 0. The highest BCUT2D eigenvalue weighted by Gasteiger charge is 2.34. The summed E-state index contributed by atoms with van der Waals surface area (Å²) in [5.41, 5.74) is 0.963. The maximum atomic E-state index is 9.61. The highest BCUT2D eigenvalue weighted by molar-refractivity contribution is 6.33. The van der Waals surface area contributed by atoms with E-state index in [1.807, 2.05) is 0 Å². The molecule has 3 heteroatoms. The second kappa shape index (κ2) is 9.42. The van der Waals surface area contributed by atoms with Gasteiger partial charge in [-0.25, -0.2) is 0 Å². The molecule has 130 valence electrons. The Hall–Kier alpha value is -0.890. The number of phenols is 2. The molecule has 0 bridgehead atoms. The van der Waals surface area contributed by atoms with E-state index in [2.05, 4.69) is 6.92 Å². The number of hydrogen-bond acceptors (Lipinski definition) is 2. The van der Waals surface area contributed by atoms with E-state index in [-0.39, 0.29) is 16.5 Å². The van der Waals surface area contributed by atoms with Crippen LogP contribution in [0.15, 0.2) is 12.1 Å². The molecule has 0 spiro atoms. The summed E-state index contributed by atoms with van der Waals surface area (Å²) in [6.07, 6.45) is 14.4. The van der Waals surface area contributed by atoms with Gasteiger partial charge >= 0.3 is 0 Å². The van der Waals surface area contributed by atoms with E-state index in [1.54, 1.807) is 12.1 Å². The summed E-state index contributed by atoms with van der Waals surface area (Å²) in [7, 11) is 0. The lowest BCUT2D eigenvalue weighted by Gasteiger charge is -2.06. The van der Waals surface area contributed by atoms with Crippen molar-refractivity contribution in [3.8, 4) is 11.5 Å². The molecule has 2 unspecified atom stereocenters. The maximum absolute atomic E-state index is 9.61. The molecule has 1 saturated carbocycles. The molecule has 2 rings (SSSR count). The van der Waals surface area contributed by atoms with Gasteiger partial charge in [0.25, 0.3) is 0 Å². The van der Waals surface area contributed by atoms with E-state index in [1.165, 1.54) is 57.8 Å². The van der Waals surface area contributed by atoms with E-state index in [4.69, 9.17) is 11.6 Å². The molecule has 0 heterocycles. The second-order valence-corrected chi connectivity index (χ2v) is 7.53. The van der Waals surface area contributed by atoms with Gasteiger partial charge in [-0.05, 0) is 48.8 Å². The van der Waals surface area contributed by atoms with Gasteiger partial charge in [0.15, 0.2) is 0 Å². The van der Waals surface area contributed by atoms with Crippen LogP contribution in [0.25, 0.3) is 0 Å². The second-order valence-electron chi connectivity index (χ2n) is 7.15. The lowest BCUT2D eigenvalue weighted by Crippen LogP contribution is -1.89. The molecule has 1 aromatic carbocycles. The van der Waals surface area contributed by atoms with Gasteiger partial charge < -0.3 is 10.2 Å². The molecular weight excluding hydrogens is 308 g/mol. The van der Waals surface area contributed by atoms with Gasteiger partial charge in [0.1, 0.15) is 16.5 Å². The first-order valence-corrected chi connectivity index (χ1v) is 9.70. The van der Waals surface area contributed by atoms with Crippen molar-refractivity contribution < 1.29 is 10.2 Å². The summed E-state index contributed by atoms with van der Waals surface area (Å²) >= 11 is 5.74. The Bertz CT molecular complexity index is 464. The largest absolute Gasteiger partial charge is 0.506 e. The number of aryl methyl sites for hydroxylation is 1. The van der Waals surface area contributed by atoms with Gasteiger partial charge in [0, 0.05) is 0 Å². The zero-order valence-corrected chi connectivity index (χ0v) is 15.1. The predicted molar refractivity (Wildman–Crippen MR) is 97.3 cm³/mol. The van der Waals surface area contributed by atoms with Crippen LogP contribution in [0.2, 0.25) is 5.02 Å². The fourth-order valence-corrected chi connectivity index (χ4v) is 3.67. The van der Waals surface area contributed by atoms with Crippen LogP contribution < -0.4 is 0 Å². The van der Waals surface area contributed by atoms with Gasteiger partial charge in [0.05, 0.1) is 0 Å². The molecule has 1 aliphatic carbocycles. The highest BCUT2D eigenvalue weighted by atomic mass is 35.5. The normalized spacial score (nSPS) is 19.9. The van der Waals surface area contributed by atoms with Crippen LogP contribution in [-0.2, 0) is 6.42 Å². The van der Waals surface area contributed by atoms with Crippen LogP contribution in [0.1, 0.15) is 76.7 Å². The van der Waals surface area contributed by atoms with Crippen molar-refractivity contribution in [2.24, 2.45) is 11.8 Å². The Morgan fingerprint density at radius 2 is 1.48 bits per heavy atom. The zero-order chi connectivity index (χ0) is 16.7. The molecule has 2 atom stereocenters. The molecule has 1 fully saturated rings. The van der Waals surface area contributed by atoms with Crippen LogP contribution in [0.5, 0.6) is 11.5 Å². The smallest absolute Gasteiger partial charge is 0.138 e. The average Bonchev–Trinajstić information content (AvgIpc) is 3.27. The number of benzene rings is 1. The van der Waals surface area contributed by atoms with Crippen LogP contribution in [0.4, 0.5) is 0 Å². The first kappa shape index (κ1) is 18.4. The van der Waals surface area contributed by atoms with Gasteiger partial charge in [-0.15, -0.1) is 0 Å². The number of hydrogen-bond donors (Lipinski definition) is 2. The Balaban J connectivity index is 1.52. The summed E-state index contributed by atoms with van der Waals surface area (Å²) in [5, 5.41) is 19.3. The standard InChI is InChI=1S/C20H31ClO2/c1-2-3-4-7-10-16-14-17(16)11-8-5-6-9-15-12-18(22)20(21)19(23)13-15/h12-13,16-17,22-23H,2-11,14H2,1H3. The number of unbranched alkanes of at least 4 members (excludes halogenated alkanes) is 5. The van der Waals surface area contributed by atoms with Gasteiger partial charge in [-0.1, -0.05) is 69.9 Å². The van der Waals surface area contributed by atoms with Gasteiger partial charge in [-0.3, -0.25) is 0 Å². The molecule has 2 N–H and O–H groups in total. The van der Waals surface area contributed by atoms with E-state index < -0.39 is 0 Å². The first-order valence-electron chi connectivity index (χ1n) is 9.32. The molecule has 0 aromatic heterocycles. The Labute approximate surface area is 145 Å². The summed E-state index contributed by atoms with van der Waals surface area (Å²) in [6.45, 7) is 2.27. The van der Waals surface area contributed by atoms with Crippen molar-refractivity contribution in [1.82, 2.24) is 0 Å². The molecule has 0 saturated heterocycles. The third-order valence-corrected chi connectivity index (χ3v) is 5.52. The molecule has 1 aromatic rings. The molecule has 0 amide bonds. The quantitative estimate of drug-likeness (QED) is 0.454. The summed E-state index contributed by atoms with van der Waals surface area (Å²) in [5.74, 6) is 1.98. The fourth-order valence-electron chi connectivity index (χ4n) is 3.56. The van der Waals surface area contributed by atoms with Crippen molar-refractivity contribution in [3.05, 3.63) is 22.7 Å². The minimum atomic E-state index is -0.0226. The number of halogens is 1. The maximum Gasteiger partial charge on any atom is 0.138 e. The van der Waals surface area contributed by atoms with Crippen molar-refractivity contribution in [3.63, 3.8) is 0 Å².